The van der Waals surface area contributed by atoms with Gasteiger partial charge in [0.1, 0.15) is 5.82 Å². The molecular formula is C14H22N4O3S. The summed E-state index contributed by atoms with van der Waals surface area (Å²) >= 11 is 5.18. The Balaban J connectivity index is 2.42. The number of nitrogens with zero attached hydrogens (tertiary/aromatic N) is 1. The van der Waals surface area contributed by atoms with Crippen molar-refractivity contribution in [2.24, 2.45) is 0 Å². The second-order valence-electron chi connectivity index (χ2n) is 4.29. The summed E-state index contributed by atoms with van der Waals surface area (Å²) in [6.07, 6.45) is 1.21. The van der Waals surface area contributed by atoms with Gasteiger partial charge in [0.2, 0.25) is 5.91 Å². The summed E-state index contributed by atoms with van der Waals surface area (Å²) in [5, 5.41) is 9.02. The average molecular weight is 326 g/mol. The summed E-state index contributed by atoms with van der Waals surface area (Å²) in [6.45, 7) is 6.83. The third-order valence-corrected chi connectivity index (χ3v) is 2.71. The second kappa shape index (κ2) is 10.0. The van der Waals surface area contributed by atoms with E-state index in [1.165, 1.54) is 6.92 Å². The Labute approximate surface area is 135 Å². The number of hydrogen-bond donors (Lipinski definition) is 3. The first kappa shape index (κ1) is 18.3. The molecule has 0 saturated carbocycles. The first-order valence-electron chi connectivity index (χ1n) is 7.06. The Hall–Kier alpha value is -1.77. The van der Waals surface area contributed by atoms with Crippen molar-refractivity contribution in [1.82, 2.24) is 10.3 Å². The molecule has 0 unspecified atom stereocenters. The molecule has 0 spiro atoms. The third-order valence-electron chi connectivity index (χ3n) is 2.46. The van der Waals surface area contributed by atoms with E-state index in [1.54, 1.807) is 18.3 Å². The Morgan fingerprint density at radius 3 is 2.45 bits per heavy atom. The number of aromatic nitrogens is 1. The van der Waals surface area contributed by atoms with Gasteiger partial charge in [0, 0.05) is 20.1 Å². The van der Waals surface area contributed by atoms with Crippen LogP contribution in [-0.4, -0.2) is 42.1 Å². The lowest BCUT2D eigenvalue weighted by Gasteiger charge is -2.18. The number of rotatable bonds is 8. The molecule has 1 aromatic heterocycles. The smallest absolute Gasteiger partial charge is 0.221 e. The minimum atomic E-state index is -0.343. The Kier molecular flexibility index (Phi) is 8.34. The molecule has 0 fully saturated rings. The number of carbonyl (C=O) groups excluding carboxylic acids is 1. The molecule has 0 aliphatic heterocycles. The predicted molar refractivity (Wildman–Crippen MR) is 89.8 cm³/mol. The van der Waals surface area contributed by atoms with Crippen LogP contribution in [0.3, 0.4) is 0 Å². The highest BCUT2D eigenvalue weighted by Gasteiger charge is 2.08. The number of thiocarbonyl (C=S) groups is 1. The van der Waals surface area contributed by atoms with Gasteiger partial charge in [-0.1, -0.05) is 0 Å². The molecule has 0 aliphatic carbocycles. The minimum absolute atomic E-state index is 0.141. The highest BCUT2D eigenvalue weighted by molar-refractivity contribution is 7.80. The lowest BCUT2D eigenvalue weighted by molar-refractivity contribution is -0.130. The lowest BCUT2D eigenvalue weighted by Crippen LogP contribution is -2.37. The molecule has 1 amide bonds. The SMILES string of the molecule is CCOC(CNC(=S)Nc1ccc(NC(C)=O)cn1)OCC. The Bertz CT molecular complexity index is 475. The van der Waals surface area contributed by atoms with Crippen LogP contribution < -0.4 is 16.0 Å². The number of amides is 1. The van der Waals surface area contributed by atoms with Gasteiger partial charge >= 0.3 is 0 Å². The normalized spacial score (nSPS) is 10.4. The zero-order valence-corrected chi connectivity index (χ0v) is 13.8. The quantitative estimate of drug-likeness (QED) is 0.495. The number of hydrogen-bond acceptors (Lipinski definition) is 5. The second-order valence-corrected chi connectivity index (χ2v) is 4.70. The Morgan fingerprint density at radius 1 is 1.27 bits per heavy atom. The topological polar surface area (TPSA) is 84.5 Å². The van der Waals surface area contributed by atoms with Crippen molar-refractivity contribution < 1.29 is 14.3 Å². The van der Waals surface area contributed by atoms with Gasteiger partial charge in [0.15, 0.2) is 11.4 Å². The van der Waals surface area contributed by atoms with Gasteiger partial charge in [-0.2, -0.15) is 0 Å². The molecule has 8 heteroatoms. The lowest BCUT2D eigenvalue weighted by atomic mass is 10.4. The van der Waals surface area contributed by atoms with Crippen LogP contribution in [0.25, 0.3) is 0 Å². The number of pyridine rings is 1. The average Bonchev–Trinajstić information content (AvgIpc) is 2.47. The molecule has 1 heterocycles. The van der Waals surface area contributed by atoms with Crippen molar-refractivity contribution >= 4 is 34.7 Å². The molecule has 122 valence electrons. The van der Waals surface area contributed by atoms with Gasteiger partial charge in [-0.15, -0.1) is 0 Å². The van der Waals surface area contributed by atoms with Crippen LogP contribution in [0.5, 0.6) is 0 Å². The van der Waals surface area contributed by atoms with Crippen molar-refractivity contribution in [3.63, 3.8) is 0 Å². The number of nitrogens with one attached hydrogen (secondary N) is 3. The van der Waals surface area contributed by atoms with E-state index < -0.39 is 0 Å². The van der Waals surface area contributed by atoms with Gasteiger partial charge in [-0.3, -0.25) is 4.79 Å². The maximum Gasteiger partial charge on any atom is 0.221 e. The monoisotopic (exact) mass is 326 g/mol. The molecular weight excluding hydrogens is 304 g/mol. The van der Waals surface area contributed by atoms with E-state index in [-0.39, 0.29) is 12.2 Å². The molecule has 0 bridgehead atoms. The van der Waals surface area contributed by atoms with Crippen LogP contribution in [0.4, 0.5) is 11.5 Å². The summed E-state index contributed by atoms with van der Waals surface area (Å²) in [5.41, 5.74) is 0.629. The molecule has 1 rings (SSSR count). The van der Waals surface area contributed by atoms with Crippen molar-refractivity contribution in [3.05, 3.63) is 18.3 Å². The Morgan fingerprint density at radius 2 is 1.95 bits per heavy atom. The zero-order valence-electron chi connectivity index (χ0n) is 13.0. The van der Waals surface area contributed by atoms with Crippen molar-refractivity contribution in [1.29, 1.82) is 0 Å². The minimum Gasteiger partial charge on any atom is -0.357 e. The fourth-order valence-electron chi connectivity index (χ4n) is 1.62. The van der Waals surface area contributed by atoms with Gasteiger partial charge in [-0.05, 0) is 38.2 Å². The van der Waals surface area contributed by atoms with Gasteiger partial charge in [0.25, 0.3) is 0 Å². The van der Waals surface area contributed by atoms with E-state index in [2.05, 4.69) is 20.9 Å². The van der Waals surface area contributed by atoms with Crippen LogP contribution in [0.2, 0.25) is 0 Å². The van der Waals surface area contributed by atoms with E-state index in [0.717, 1.165) is 0 Å². The molecule has 22 heavy (non-hydrogen) atoms. The van der Waals surface area contributed by atoms with Crippen LogP contribution >= 0.6 is 12.2 Å². The third kappa shape index (κ3) is 7.30. The molecule has 0 aromatic carbocycles. The summed E-state index contributed by atoms with van der Waals surface area (Å²) in [6, 6.07) is 3.46. The van der Waals surface area contributed by atoms with Gasteiger partial charge < -0.3 is 25.4 Å². The first-order chi connectivity index (χ1) is 10.5. The largest absolute Gasteiger partial charge is 0.357 e. The fraction of sp³-hybridized carbons (Fsp3) is 0.500. The van der Waals surface area contributed by atoms with Gasteiger partial charge in [0.05, 0.1) is 18.4 Å². The maximum atomic E-state index is 10.9. The number of ether oxygens (including phenoxy) is 2. The molecule has 0 atom stereocenters. The van der Waals surface area contributed by atoms with E-state index in [4.69, 9.17) is 21.7 Å². The molecule has 7 nitrogen and oxygen atoms in total. The van der Waals surface area contributed by atoms with E-state index >= 15 is 0 Å². The maximum absolute atomic E-state index is 10.9. The summed E-state index contributed by atoms with van der Waals surface area (Å²) in [4.78, 5) is 15.1. The molecule has 3 N–H and O–H groups in total. The van der Waals surface area contributed by atoms with Crippen molar-refractivity contribution in [2.45, 2.75) is 27.1 Å². The number of carbonyl (C=O) groups is 1. The number of anilines is 2. The standard InChI is InChI=1S/C14H22N4O3S/c1-4-20-13(21-5-2)9-16-14(22)18-12-7-6-11(8-15-12)17-10(3)19/h6-8,13H,4-5,9H2,1-3H3,(H,17,19)(H2,15,16,18,22). The van der Waals surface area contributed by atoms with Crippen molar-refractivity contribution in [2.75, 3.05) is 30.4 Å². The van der Waals surface area contributed by atoms with E-state index in [0.29, 0.717) is 36.4 Å². The molecule has 0 radical (unpaired) electrons. The zero-order chi connectivity index (χ0) is 16.4. The molecule has 0 aliphatic rings. The molecule has 0 saturated heterocycles. The van der Waals surface area contributed by atoms with Crippen LogP contribution in [0, 0.1) is 0 Å². The summed E-state index contributed by atoms with van der Waals surface area (Å²) < 4.78 is 10.8. The first-order valence-corrected chi connectivity index (χ1v) is 7.47. The van der Waals surface area contributed by atoms with Crippen molar-refractivity contribution in [3.8, 4) is 0 Å². The van der Waals surface area contributed by atoms with Crippen LogP contribution in [0.15, 0.2) is 18.3 Å². The van der Waals surface area contributed by atoms with Crippen LogP contribution in [0.1, 0.15) is 20.8 Å². The fourth-order valence-corrected chi connectivity index (χ4v) is 1.81. The van der Waals surface area contributed by atoms with E-state index in [1.807, 2.05) is 13.8 Å². The highest BCUT2D eigenvalue weighted by Crippen LogP contribution is 2.09. The predicted octanol–water partition coefficient (Wildman–Crippen LogP) is 1.73. The van der Waals surface area contributed by atoms with E-state index in [9.17, 15) is 4.79 Å². The van der Waals surface area contributed by atoms with Crippen LogP contribution in [-0.2, 0) is 14.3 Å². The summed E-state index contributed by atoms with van der Waals surface area (Å²) in [5.74, 6) is 0.438. The summed E-state index contributed by atoms with van der Waals surface area (Å²) in [7, 11) is 0. The molecule has 1 aromatic rings. The highest BCUT2D eigenvalue weighted by atomic mass is 32.1. The van der Waals surface area contributed by atoms with Gasteiger partial charge in [-0.25, -0.2) is 4.98 Å².